The van der Waals surface area contributed by atoms with E-state index in [0.717, 1.165) is 18.2 Å². The van der Waals surface area contributed by atoms with Crippen LogP contribution < -0.4 is 4.90 Å². The Hall–Kier alpha value is -0.830. The normalized spacial score (nSPS) is 28.2. The highest BCUT2D eigenvalue weighted by Gasteiger charge is 2.38. The minimum Gasteiger partial charge on any atom is -0.371 e. The Labute approximate surface area is 115 Å². The fraction of sp³-hybridized carbons (Fsp3) is 0.667. The number of ether oxygens (including phenoxy) is 1. The van der Waals surface area contributed by atoms with Crippen LogP contribution in [0.25, 0.3) is 0 Å². The quantitative estimate of drug-likeness (QED) is 0.837. The molecular weight excluding hydrogens is 270 g/mol. The molecule has 0 radical (unpaired) electrons. The average Bonchev–Trinajstić information content (AvgIpc) is 3.12. The van der Waals surface area contributed by atoms with Gasteiger partial charge in [0.1, 0.15) is 10.4 Å². The molecule has 2 fully saturated rings. The SMILES string of the molecule is C[C@H]1CN(c2nc(C#N)c(Cl)s2)C[C@H](C2CC2)O1. The van der Waals surface area contributed by atoms with Crippen molar-refractivity contribution >= 4 is 28.1 Å². The van der Waals surface area contributed by atoms with Gasteiger partial charge in [0.25, 0.3) is 0 Å². The smallest absolute Gasteiger partial charge is 0.188 e. The molecule has 1 aromatic heterocycles. The van der Waals surface area contributed by atoms with Gasteiger partial charge in [-0.05, 0) is 25.7 Å². The van der Waals surface area contributed by atoms with E-state index in [1.165, 1.54) is 24.2 Å². The molecule has 1 aromatic rings. The first kappa shape index (κ1) is 12.2. The summed E-state index contributed by atoms with van der Waals surface area (Å²) in [6.45, 7) is 3.77. The average molecular weight is 284 g/mol. The van der Waals surface area contributed by atoms with Crippen LogP contribution in [0.3, 0.4) is 0 Å². The van der Waals surface area contributed by atoms with Crippen molar-refractivity contribution in [3.05, 3.63) is 10.0 Å². The van der Waals surface area contributed by atoms with E-state index >= 15 is 0 Å². The van der Waals surface area contributed by atoms with Gasteiger partial charge < -0.3 is 9.64 Å². The Morgan fingerprint density at radius 2 is 2.28 bits per heavy atom. The van der Waals surface area contributed by atoms with Crippen molar-refractivity contribution in [2.45, 2.75) is 32.0 Å². The zero-order valence-corrected chi connectivity index (χ0v) is 11.7. The Balaban J connectivity index is 1.79. The van der Waals surface area contributed by atoms with E-state index in [1.807, 2.05) is 6.07 Å². The highest BCUT2D eigenvalue weighted by Crippen LogP contribution is 2.38. The number of morpholine rings is 1. The second-order valence-electron chi connectivity index (χ2n) is 4.96. The van der Waals surface area contributed by atoms with Crippen molar-refractivity contribution in [3.8, 4) is 6.07 Å². The first-order valence-corrected chi connectivity index (χ1v) is 7.33. The van der Waals surface area contributed by atoms with E-state index in [-0.39, 0.29) is 6.10 Å². The predicted molar refractivity (Wildman–Crippen MR) is 71.1 cm³/mol. The van der Waals surface area contributed by atoms with Crippen molar-refractivity contribution in [2.75, 3.05) is 18.0 Å². The number of nitriles is 1. The van der Waals surface area contributed by atoms with E-state index in [9.17, 15) is 0 Å². The van der Waals surface area contributed by atoms with Crippen molar-refractivity contribution in [1.29, 1.82) is 5.26 Å². The van der Waals surface area contributed by atoms with Crippen molar-refractivity contribution in [1.82, 2.24) is 4.98 Å². The summed E-state index contributed by atoms with van der Waals surface area (Å²) >= 11 is 7.37. The number of rotatable bonds is 2. The van der Waals surface area contributed by atoms with Crippen LogP contribution in [0.15, 0.2) is 0 Å². The maximum Gasteiger partial charge on any atom is 0.188 e. The molecule has 0 spiro atoms. The zero-order chi connectivity index (χ0) is 12.7. The monoisotopic (exact) mass is 283 g/mol. The molecule has 2 heterocycles. The molecular formula is C12H14ClN3OS. The summed E-state index contributed by atoms with van der Waals surface area (Å²) in [5.74, 6) is 0.709. The molecule has 1 aliphatic heterocycles. The van der Waals surface area contributed by atoms with Crippen LogP contribution in [-0.2, 0) is 4.74 Å². The number of hydrogen-bond donors (Lipinski definition) is 0. The molecule has 2 aliphatic rings. The molecule has 0 amide bonds. The molecule has 1 aliphatic carbocycles. The topological polar surface area (TPSA) is 49.2 Å². The fourth-order valence-electron chi connectivity index (χ4n) is 2.37. The van der Waals surface area contributed by atoms with Crippen LogP contribution in [0.1, 0.15) is 25.5 Å². The summed E-state index contributed by atoms with van der Waals surface area (Å²) in [4.78, 5) is 6.50. The van der Waals surface area contributed by atoms with Gasteiger partial charge in [-0.15, -0.1) is 0 Å². The Kier molecular flexibility index (Phi) is 3.18. The van der Waals surface area contributed by atoms with Crippen LogP contribution in [0.2, 0.25) is 4.34 Å². The summed E-state index contributed by atoms with van der Waals surface area (Å²) in [6.07, 6.45) is 3.06. The van der Waals surface area contributed by atoms with Crippen LogP contribution in [-0.4, -0.2) is 30.3 Å². The molecule has 3 rings (SSSR count). The third kappa shape index (κ3) is 2.33. The Bertz CT molecular complexity index is 494. The Morgan fingerprint density at radius 1 is 1.50 bits per heavy atom. The molecule has 1 saturated heterocycles. The third-order valence-electron chi connectivity index (χ3n) is 3.38. The van der Waals surface area contributed by atoms with Gasteiger partial charge in [-0.3, -0.25) is 0 Å². The van der Waals surface area contributed by atoms with Gasteiger partial charge in [-0.2, -0.15) is 5.26 Å². The van der Waals surface area contributed by atoms with Crippen LogP contribution in [0, 0.1) is 17.2 Å². The van der Waals surface area contributed by atoms with Crippen LogP contribution >= 0.6 is 22.9 Å². The number of aromatic nitrogens is 1. The van der Waals surface area contributed by atoms with Gasteiger partial charge in [0, 0.05) is 13.1 Å². The maximum atomic E-state index is 8.90. The molecule has 0 unspecified atom stereocenters. The molecule has 2 atom stereocenters. The maximum absolute atomic E-state index is 8.90. The van der Waals surface area contributed by atoms with Gasteiger partial charge in [0.15, 0.2) is 10.8 Å². The van der Waals surface area contributed by atoms with Gasteiger partial charge in [0.05, 0.1) is 12.2 Å². The third-order valence-corrected chi connectivity index (χ3v) is 4.70. The number of hydrogen-bond acceptors (Lipinski definition) is 5. The Morgan fingerprint density at radius 3 is 2.89 bits per heavy atom. The first-order valence-electron chi connectivity index (χ1n) is 6.14. The van der Waals surface area contributed by atoms with E-state index in [1.54, 1.807) is 0 Å². The molecule has 0 N–H and O–H groups in total. The molecule has 0 aromatic carbocycles. The van der Waals surface area contributed by atoms with Gasteiger partial charge in [-0.25, -0.2) is 4.98 Å². The van der Waals surface area contributed by atoms with E-state index < -0.39 is 0 Å². The predicted octanol–water partition coefficient (Wildman–Crippen LogP) is 2.67. The van der Waals surface area contributed by atoms with Gasteiger partial charge >= 0.3 is 0 Å². The molecule has 6 heteroatoms. The minimum absolute atomic E-state index is 0.206. The standard InChI is InChI=1S/C12H14ClN3OS/c1-7-5-16(6-10(17-7)8-2-3-8)12-15-9(4-14)11(13)18-12/h7-8,10H,2-3,5-6H2,1H3/t7-,10+/m0/s1. The van der Waals surface area contributed by atoms with Gasteiger partial charge in [-0.1, -0.05) is 22.9 Å². The first-order chi connectivity index (χ1) is 8.67. The van der Waals surface area contributed by atoms with Crippen LogP contribution in [0.4, 0.5) is 5.13 Å². The molecule has 18 heavy (non-hydrogen) atoms. The van der Waals surface area contributed by atoms with Crippen molar-refractivity contribution in [3.63, 3.8) is 0 Å². The lowest BCUT2D eigenvalue weighted by molar-refractivity contribution is -0.0271. The highest BCUT2D eigenvalue weighted by atomic mass is 35.5. The zero-order valence-electron chi connectivity index (χ0n) is 10.1. The summed E-state index contributed by atoms with van der Waals surface area (Å²) in [7, 11) is 0. The van der Waals surface area contributed by atoms with Gasteiger partial charge in [0.2, 0.25) is 0 Å². The molecule has 1 saturated carbocycles. The summed E-state index contributed by atoms with van der Waals surface area (Å²) in [5, 5.41) is 9.74. The lowest BCUT2D eigenvalue weighted by Crippen LogP contribution is -2.47. The van der Waals surface area contributed by atoms with Crippen molar-refractivity contribution < 1.29 is 4.74 Å². The number of thiazole rings is 1. The number of halogens is 1. The van der Waals surface area contributed by atoms with Crippen molar-refractivity contribution in [2.24, 2.45) is 5.92 Å². The molecule has 4 nitrogen and oxygen atoms in total. The van der Waals surface area contributed by atoms with E-state index in [2.05, 4.69) is 16.8 Å². The lowest BCUT2D eigenvalue weighted by atomic mass is 10.1. The minimum atomic E-state index is 0.206. The van der Waals surface area contributed by atoms with Crippen LogP contribution in [0.5, 0.6) is 0 Å². The fourth-order valence-corrected chi connectivity index (χ4v) is 3.42. The van der Waals surface area contributed by atoms with E-state index in [0.29, 0.717) is 22.1 Å². The molecule has 96 valence electrons. The second kappa shape index (κ2) is 4.69. The summed E-state index contributed by atoms with van der Waals surface area (Å²) < 4.78 is 6.44. The lowest BCUT2D eigenvalue weighted by Gasteiger charge is -2.36. The largest absolute Gasteiger partial charge is 0.371 e. The summed E-state index contributed by atoms with van der Waals surface area (Å²) in [6, 6.07) is 2.02. The summed E-state index contributed by atoms with van der Waals surface area (Å²) in [5.41, 5.74) is 0.332. The number of nitrogens with zero attached hydrogens (tertiary/aromatic N) is 3. The second-order valence-corrected chi connectivity index (χ2v) is 6.54. The number of anilines is 1. The van der Waals surface area contributed by atoms with E-state index in [4.69, 9.17) is 21.6 Å². The highest BCUT2D eigenvalue weighted by molar-refractivity contribution is 7.19. The molecule has 0 bridgehead atoms.